The Morgan fingerprint density at radius 1 is 1.00 bits per heavy atom. The number of rotatable bonds is 2. The van der Waals surface area contributed by atoms with Gasteiger partial charge in [-0.25, -0.2) is 0 Å². The van der Waals surface area contributed by atoms with Crippen LogP contribution in [0.25, 0.3) is 5.57 Å². The van der Waals surface area contributed by atoms with E-state index in [0.717, 1.165) is 16.8 Å². The van der Waals surface area contributed by atoms with Gasteiger partial charge >= 0.3 is 0 Å². The number of benzene rings is 1. The third-order valence-electron chi connectivity index (χ3n) is 1.70. The Labute approximate surface area is 126 Å². The van der Waals surface area contributed by atoms with E-state index < -0.39 is 0 Å². The first-order valence-corrected chi connectivity index (χ1v) is 7.54. The summed E-state index contributed by atoms with van der Waals surface area (Å²) >= 11 is 0. The van der Waals surface area contributed by atoms with Crippen molar-refractivity contribution in [1.82, 2.24) is 0 Å². The molecule has 0 fully saturated rings. The zero-order valence-corrected chi connectivity index (χ0v) is 14.6. The molecular formula is C18H33NO. The fourth-order valence-electron chi connectivity index (χ4n) is 1.04. The molecule has 116 valence electrons. The Hall–Kier alpha value is -1.57. The highest BCUT2D eigenvalue weighted by atomic mass is 16.1. The monoisotopic (exact) mass is 279 g/mol. The van der Waals surface area contributed by atoms with Gasteiger partial charge in [0.05, 0.1) is 0 Å². The molecule has 0 saturated heterocycles. The molecule has 0 aliphatic carbocycles. The van der Waals surface area contributed by atoms with E-state index in [1.807, 2.05) is 58.9 Å². The van der Waals surface area contributed by atoms with Crippen LogP contribution in [-0.2, 0) is 4.79 Å². The predicted molar refractivity (Wildman–Crippen MR) is 94.1 cm³/mol. The van der Waals surface area contributed by atoms with E-state index in [2.05, 4.69) is 25.7 Å². The minimum absolute atomic E-state index is 0.0527. The maximum Gasteiger partial charge on any atom is 0.221 e. The Morgan fingerprint density at radius 2 is 1.35 bits per heavy atom. The van der Waals surface area contributed by atoms with Crippen molar-refractivity contribution in [3.05, 3.63) is 36.4 Å². The van der Waals surface area contributed by atoms with Gasteiger partial charge in [-0.2, -0.15) is 0 Å². The Morgan fingerprint density at radius 3 is 1.60 bits per heavy atom. The smallest absolute Gasteiger partial charge is 0.221 e. The highest BCUT2D eigenvalue weighted by Gasteiger charge is 1.95. The number of hydrogen-bond acceptors (Lipinski definition) is 1. The molecule has 0 aliphatic heterocycles. The number of hydrogen-bond donors (Lipinski definition) is 1. The first-order chi connectivity index (χ1) is 9.51. The minimum Gasteiger partial charge on any atom is -0.326 e. The van der Waals surface area contributed by atoms with Crippen molar-refractivity contribution in [1.29, 1.82) is 0 Å². The molecule has 0 unspecified atom stereocenters. The lowest BCUT2D eigenvalue weighted by atomic mass is 10.1. The summed E-state index contributed by atoms with van der Waals surface area (Å²) in [6.07, 6.45) is 1.25. The van der Waals surface area contributed by atoms with Crippen LogP contribution in [0.5, 0.6) is 0 Å². The summed E-state index contributed by atoms with van der Waals surface area (Å²) in [5.74, 6) is -0.0527. The first kappa shape index (κ1) is 23.5. The average Bonchev–Trinajstić information content (AvgIpc) is 2.44. The van der Waals surface area contributed by atoms with Crippen LogP contribution in [0.1, 0.15) is 67.4 Å². The van der Waals surface area contributed by atoms with Crippen LogP contribution in [0, 0.1) is 0 Å². The van der Waals surface area contributed by atoms with Gasteiger partial charge in [-0.1, -0.05) is 72.2 Å². The van der Waals surface area contributed by atoms with E-state index in [0.29, 0.717) is 0 Å². The Kier molecular flexibility index (Phi) is 20.5. The second-order valence-electron chi connectivity index (χ2n) is 3.75. The minimum atomic E-state index is -0.0527. The largest absolute Gasteiger partial charge is 0.326 e. The molecule has 20 heavy (non-hydrogen) atoms. The lowest BCUT2D eigenvalue weighted by Crippen LogP contribution is -2.05. The molecule has 1 aromatic rings. The lowest BCUT2D eigenvalue weighted by molar-refractivity contribution is -0.114. The van der Waals surface area contributed by atoms with Crippen molar-refractivity contribution in [3.8, 4) is 0 Å². The average molecular weight is 279 g/mol. The van der Waals surface area contributed by atoms with E-state index in [1.54, 1.807) is 0 Å². The maximum absolute atomic E-state index is 10.7. The SMILES string of the molecule is C=C(C)c1ccc(NC(C)=O)cc1.CC.CC.CCC. The van der Waals surface area contributed by atoms with Crippen LogP contribution < -0.4 is 5.32 Å². The van der Waals surface area contributed by atoms with Gasteiger partial charge in [0.1, 0.15) is 0 Å². The van der Waals surface area contributed by atoms with Gasteiger partial charge in [-0.05, 0) is 24.6 Å². The van der Waals surface area contributed by atoms with E-state index >= 15 is 0 Å². The molecule has 0 aromatic heterocycles. The van der Waals surface area contributed by atoms with Crippen molar-refractivity contribution in [2.75, 3.05) is 5.32 Å². The molecule has 0 heterocycles. The fourth-order valence-corrected chi connectivity index (χ4v) is 1.04. The topological polar surface area (TPSA) is 29.1 Å². The molecule has 2 nitrogen and oxygen atoms in total. The fraction of sp³-hybridized carbons (Fsp3) is 0.500. The van der Waals surface area contributed by atoms with Crippen molar-refractivity contribution >= 4 is 17.2 Å². The van der Waals surface area contributed by atoms with Gasteiger partial charge in [0.2, 0.25) is 5.91 Å². The molecule has 0 atom stereocenters. The molecule has 2 heteroatoms. The van der Waals surface area contributed by atoms with Crippen LogP contribution >= 0.6 is 0 Å². The van der Waals surface area contributed by atoms with Gasteiger partial charge in [-0.3, -0.25) is 4.79 Å². The van der Waals surface area contributed by atoms with Gasteiger partial charge in [0, 0.05) is 12.6 Å². The zero-order valence-electron chi connectivity index (χ0n) is 14.6. The molecule has 0 saturated carbocycles. The molecule has 1 N–H and O–H groups in total. The Balaban J connectivity index is -0.000000355. The summed E-state index contributed by atoms with van der Waals surface area (Å²) in [6.45, 7) is 19.5. The third-order valence-corrected chi connectivity index (χ3v) is 1.70. The molecule has 0 aliphatic rings. The molecule has 1 rings (SSSR count). The van der Waals surface area contributed by atoms with Gasteiger partial charge < -0.3 is 5.32 Å². The second-order valence-corrected chi connectivity index (χ2v) is 3.75. The van der Waals surface area contributed by atoms with E-state index in [9.17, 15) is 4.79 Å². The predicted octanol–water partition coefficient (Wildman–Crippen LogP) is 6.15. The molecule has 0 radical (unpaired) electrons. The summed E-state index contributed by atoms with van der Waals surface area (Å²) in [7, 11) is 0. The number of carbonyl (C=O) groups excluding carboxylic acids is 1. The molecule has 0 spiro atoms. The summed E-state index contributed by atoms with van der Waals surface area (Å²) in [5.41, 5.74) is 2.93. The number of carbonyl (C=O) groups is 1. The summed E-state index contributed by atoms with van der Waals surface area (Å²) in [4.78, 5) is 10.7. The number of allylic oxidation sites excluding steroid dienone is 1. The van der Waals surface area contributed by atoms with Gasteiger partial charge in [-0.15, -0.1) is 0 Å². The molecule has 1 aromatic carbocycles. The Bertz CT molecular complexity index is 339. The third kappa shape index (κ3) is 14.5. The van der Waals surface area contributed by atoms with Crippen LogP contribution in [0.2, 0.25) is 0 Å². The van der Waals surface area contributed by atoms with E-state index in [1.165, 1.54) is 13.3 Å². The van der Waals surface area contributed by atoms with E-state index in [4.69, 9.17) is 0 Å². The lowest BCUT2D eigenvalue weighted by Gasteiger charge is -2.03. The van der Waals surface area contributed by atoms with Crippen LogP contribution in [-0.4, -0.2) is 5.91 Å². The molecular weight excluding hydrogens is 246 g/mol. The van der Waals surface area contributed by atoms with Gasteiger partial charge in [0.25, 0.3) is 0 Å². The van der Waals surface area contributed by atoms with Crippen LogP contribution in [0.4, 0.5) is 5.69 Å². The summed E-state index contributed by atoms with van der Waals surface area (Å²) in [5, 5.41) is 2.70. The maximum atomic E-state index is 10.7. The summed E-state index contributed by atoms with van der Waals surface area (Å²) in [6, 6.07) is 7.61. The first-order valence-electron chi connectivity index (χ1n) is 7.54. The number of anilines is 1. The van der Waals surface area contributed by atoms with Gasteiger partial charge in [0.15, 0.2) is 0 Å². The highest BCUT2D eigenvalue weighted by Crippen LogP contribution is 2.14. The summed E-state index contributed by atoms with van der Waals surface area (Å²) < 4.78 is 0. The van der Waals surface area contributed by atoms with Crippen molar-refractivity contribution in [2.24, 2.45) is 0 Å². The molecule has 1 amide bonds. The second kappa shape index (κ2) is 17.4. The van der Waals surface area contributed by atoms with Crippen LogP contribution in [0.15, 0.2) is 30.8 Å². The van der Waals surface area contributed by atoms with Crippen LogP contribution in [0.3, 0.4) is 0 Å². The normalized spacial score (nSPS) is 7.60. The number of amides is 1. The van der Waals surface area contributed by atoms with Crippen molar-refractivity contribution in [2.45, 2.75) is 61.8 Å². The van der Waals surface area contributed by atoms with Crippen molar-refractivity contribution < 1.29 is 4.79 Å². The molecule has 0 bridgehead atoms. The number of nitrogens with one attached hydrogen (secondary N) is 1. The quantitative estimate of drug-likeness (QED) is 0.691. The van der Waals surface area contributed by atoms with Crippen molar-refractivity contribution in [3.63, 3.8) is 0 Å². The van der Waals surface area contributed by atoms with E-state index in [-0.39, 0.29) is 5.91 Å². The standard InChI is InChI=1S/C11H13NO.C3H8.2C2H6/c1-8(2)10-4-6-11(7-5-10)12-9(3)13;1-3-2;2*1-2/h4-7H,1H2,2-3H3,(H,12,13);3H2,1-2H3;2*1-2H3. The zero-order chi connectivity index (χ0) is 16.6. The highest BCUT2D eigenvalue weighted by molar-refractivity contribution is 5.88.